The van der Waals surface area contributed by atoms with Crippen LogP contribution < -0.4 is 5.32 Å². The molecule has 1 heterocycles. The molecule has 1 aromatic heterocycles. The summed E-state index contributed by atoms with van der Waals surface area (Å²) >= 11 is 7.39. The first-order valence-corrected chi connectivity index (χ1v) is 9.66. The molecule has 0 aliphatic rings. The average molecular weight is 409 g/mol. The standard InChI is InChI=1S/C19H21ClN2O4S/c1-3-22(11-17(23)21-16-9-14(20)7-6-13(16)2)18(24)12-26-19(25)10-15-5-4-8-27-15/h4-9H,3,10-12H2,1-2H3,(H,21,23). The minimum atomic E-state index is -0.471. The number of carbonyl (C=O) groups excluding carboxylic acids is 3. The first kappa shape index (κ1) is 20.9. The first-order valence-electron chi connectivity index (χ1n) is 8.40. The van der Waals surface area contributed by atoms with Gasteiger partial charge in [-0.3, -0.25) is 14.4 Å². The van der Waals surface area contributed by atoms with Crippen LogP contribution in [0.5, 0.6) is 0 Å². The lowest BCUT2D eigenvalue weighted by Crippen LogP contribution is -2.40. The smallest absolute Gasteiger partial charge is 0.311 e. The lowest BCUT2D eigenvalue weighted by molar-refractivity contribution is -0.151. The van der Waals surface area contributed by atoms with E-state index in [0.29, 0.717) is 17.3 Å². The number of benzene rings is 1. The number of hydrogen-bond donors (Lipinski definition) is 1. The van der Waals surface area contributed by atoms with Crippen molar-refractivity contribution in [2.75, 3.05) is 25.0 Å². The van der Waals surface area contributed by atoms with Crippen molar-refractivity contribution in [1.82, 2.24) is 4.90 Å². The summed E-state index contributed by atoms with van der Waals surface area (Å²) in [5.41, 5.74) is 1.46. The number of nitrogens with one attached hydrogen (secondary N) is 1. The van der Waals surface area contributed by atoms with Gasteiger partial charge in [0.05, 0.1) is 13.0 Å². The highest BCUT2D eigenvalue weighted by Gasteiger charge is 2.18. The number of nitrogens with zero attached hydrogens (tertiary/aromatic N) is 1. The van der Waals surface area contributed by atoms with Crippen LogP contribution in [0, 0.1) is 6.92 Å². The third-order valence-electron chi connectivity index (χ3n) is 3.80. The number of ether oxygens (including phenoxy) is 1. The Hall–Kier alpha value is -2.38. The van der Waals surface area contributed by atoms with E-state index in [4.69, 9.17) is 16.3 Å². The predicted molar refractivity (Wildman–Crippen MR) is 106 cm³/mol. The molecule has 0 bridgehead atoms. The normalized spacial score (nSPS) is 10.3. The van der Waals surface area contributed by atoms with E-state index in [2.05, 4.69) is 5.32 Å². The Morgan fingerprint density at radius 2 is 2.04 bits per heavy atom. The second kappa shape index (κ2) is 10.1. The summed E-state index contributed by atoms with van der Waals surface area (Å²) < 4.78 is 5.02. The van der Waals surface area contributed by atoms with Gasteiger partial charge in [0.1, 0.15) is 0 Å². The summed E-state index contributed by atoms with van der Waals surface area (Å²) in [6, 6.07) is 8.86. The van der Waals surface area contributed by atoms with Gasteiger partial charge < -0.3 is 15.0 Å². The summed E-state index contributed by atoms with van der Waals surface area (Å²) in [5, 5.41) is 5.12. The van der Waals surface area contributed by atoms with Crippen molar-refractivity contribution in [3.05, 3.63) is 51.2 Å². The lowest BCUT2D eigenvalue weighted by Gasteiger charge is -2.20. The molecule has 0 atom stereocenters. The molecule has 0 saturated heterocycles. The van der Waals surface area contributed by atoms with Crippen molar-refractivity contribution >= 4 is 46.4 Å². The Labute approximate surface area is 167 Å². The van der Waals surface area contributed by atoms with Crippen molar-refractivity contribution in [3.8, 4) is 0 Å². The van der Waals surface area contributed by atoms with Crippen LogP contribution in [0.3, 0.4) is 0 Å². The second-order valence-electron chi connectivity index (χ2n) is 5.83. The van der Waals surface area contributed by atoms with E-state index >= 15 is 0 Å². The highest BCUT2D eigenvalue weighted by molar-refractivity contribution is 7.10. The lowest BCUT2D eigenvalue weighted by atomic mass is 10.2. The number of rotatable bonds is 8. The van der Waals surface area contributed by atoms with E-state index in [1.165, 1.54) is 16.2 Å². The van der Waals surface area contributed by atoms with E-state index in [0.717, 1.165) is 10.4 Å². The Morgan fingerprint density at radius 1 is 1.26 bits per heavy atom. The topological polar surface area (TPSA) is 75.7 Å². The largest absolute Gasteiger partial charge is 0.455 e. The van der Waals surface area contributed by atoms with Gasteiger partial charge in [-0.15, -0.1) is 11.3 Å². The number of esters is 1. The van der Waals surface area contributed by atoms with E-state index < -0.39 is 11.9 Å². The molecule has 0 saturated carbocycles. The summed E-state index contributed by atoms with van der Waals surface area (Å²) in [5.74, 6) is -1.24. The van der Waals surface area contributed by atoms with Crippen LogP contribution in [0.15, 0.2) is 35.7 Å². The van der Waals surface area contributed by atoms with Gasteiger partial charge in [-0.05, 0) is 43.0 Å². The van der Waals surface area contributed by atoms with Gasteiger partial charge in [-0.25, -0.2) is 0 Å². The molecule has 2 aromatic rings. The zero-order valence-corrected chi connectivity index (χ0v) is 16.7. The number of thiophene rings is 1. The van der Waals surface area contributed by atoms with Crippen LogP contribution >= 0.6 is 22.9 Å². The molecule has 1 N–H and O–H groups in total. The number of anilines is 1. The van der Waals surface area contributed by atoms with E-state index in [1.54, 1.807) is 25.1 Å². The van der Waals surface area contributed by atoms with Crippen LogP contribution in [-0.4, -0.2) is 42.4 Å². The van der Waals surface area contributed by atoms with Gasteiger partial charge in [-0.1, -0.05) is 23.7 Å². The van der Waals surface area contributed by atoms with E-state index in [1.807, 2.05) is 24.4 Å². The van der Waals surface area contributed by atoms with Gasteiger partial charge in [0.25, 0.3) is 5.91 Å². The zero-order chi connectivity index (χ0) is 19.8. The van der Waals surface area contributed by atoms with Crippen LogP contribution in [0.25, 0.3) is 0 Å². The van der Waals surface area contributed by atoms with E-state index in [-0.39, 0.29) is 25.5 Å². The maximum absolute atomic E-state index is 12.2. The fourth-order valence-electron chi connectivity index (χ4n) is 2.31. The summed E-state index contributed by atoms with van der Waals surface area (Å²) in [7, 11) is 0. The molecule has 0 spiro atoms. The second-order valence-corrected chi connectivity index (χ2v) is 7.30. The summed E-state index contributed by atoms with van der Waals surface area (Å²) in [4.78, 5) is 38.5. The Kier molecular flexibility index (Phi) is 7.82. The number of hydrogen-bond acceptors (Lipinski definition) is 5. The van der Waals surface area contributed by atoms with Crippen LogP contribution in [-0.2, 0) is 25.5 Å². The van der Waals surface area contributed by atoms with Gasteiger partial charge in [0, 0.05) is 22.1 Å². The Bertz CT molecular complexity index is 808. The molecule has 2 rings (SSSR count). The monoisotopic (exact) mass is 408 g/mol. The molecule has 0 unspecified atom stereocenters. The molecular weight excluding hydrogens is 388 g/mol. The molecule has 8 heteroatoms. The van der Waals surface area contributed by atoms with Gasteiger partial charge in [-0.2, -0.15) is 0 Å². The first-order chi connectivity index (χ1) is 12.9. The minimum Gasteiger partial charge on any atom is -0.455 e. The number of aryl methyl sites for hydroxylation is 1. The fraction of sp³-hybridized carbons (Fsp3) is 0.316. The number of halogens is 1. The van der Waals surface area contributed by atoms with Crippen LogP contribution in [0.1, 0.15) is 17.4 Å². The summed E-state index contributed by atoms with van der Waals surface area (Å²) in [6.45, 7) is 3.40. The van der Waals surface area contributed by atoms with Gasteiger partial charge in [0.2, 0.25) is 5.91 Å². The number of amides is 2. The van der Waals surface area contributed by atoms with Crippen LogP contribution in [0.2, 0.25) is 5.02 Å². The van der Waals surface area contributed by atoms with Crippen molar-refractivity contribution in [3.63, 3.8) is 0 Å². The molecule has 0 fully saturated rings. The average Bonchev–Trinajstić information content (AvgIpc) is 3.13. The third kappa shape index (κ3) is 6.69. The highest BCUT2D eigenvalue weighted by Crippen LogP contribution is 2.20. The van der Waals surface area contributed by atoms with Crippen molar-refractivity contribution in [2.24, 2.45) is 0 Å². The zero-order valence-electron chi connectivity index (χ0n) is 15.2. The van der Waals surface area contributed by atoms with Crippen molar-refractivity contribution < 1.29 is 19.1 Å². The predicted octanol–water partition coefficient (Wildman–Crippen LogP) is 3.28. The third-order valence-corrected chi connectivity index (χ3v) is 4.91. The Balaban J connectivity index is 1.83. The molecular formula is C19H21ClN2O4S. The van der Waals surface area contributed by atoms with Crippen molar-refractivity contribution in [1.29, 1.82) is 0 Å². The Morgan fingerprint density at radius 3 is 2.70 bits per heavy atom. The number of carbonyl (C=O) groups is 3. The fourth-order valence-corrected chi connectivity index (χ4v) is 3.17. The maximum atomic E-state index is 12.2. The molecule has 1 aromatic carbocycles. The number of likely N-dealkylation sites (N-methyl/N-ethyl adjacent to an activating group) is 1. The summed E-state index contributed by atoms with van der Waals surface area (Å²) in [6.07, 6.45) is 0.131. The molecule has 0 aliphatic heterocycles. The van der Waals surface area contributed by atoms with Gasteiger partial charge in [0.15, 0.2) is 6.61 Å². The maximum Gasteiger partial charge on any atom is 0.311 e. The molecule has 144 valence electrons. The molecule has 27 heavy (non-hydrogen) atoms. The molecule has 6 nitrogen and oxygen atoms in total. The van der Waals surface area contributed by atoms with E-state index in [9.17, 15) is 14.4 Å². The van der Waals surface area contributed by atoms with Crippen LogP contribution in [0.4, 0.5) is 5.69 Å². The highest BCUT2D eigenvalue weighted by atomic mass is 35.5. The molecule has 2 amide bonds. The molecule has 0 aliphatic carbocycles. The SMILES string of the molecule is CCN(CC(=O)Nc1cc(Cl)ccc1C)C(=O)COC(=O)Cc1cccs1. The molecule has 0 radical (unpaired) electrons. The quantitative estimate of drug-likeness (QED) is 0.680. The van der Waals surface area contributed by atoms with Crippen molar-refractivity contribution in [2.45, 2.75) is 20.3 Å². The van der Waals surface area contributed by atoms with Gasteiger partial charge >= 0.3 is 5.97 Å². The minimum absolute atomic E-state index is 0.131.